The average molecular weight is 220 g/mol. The Balaban J connectivity index is 1.93. The summed E-state index contributed by atoms with van der Waals surface area (Å²) in [5.74, 6) is 0.693. The van der Waals surface area contributed by atoms with Gasteiger partial charge in [-0.3, -0.25) is 0 Å². The molecule has 0 aliphatic heterocycles. The van der Waals surface area contributed by atoms with Crippen LogP contribution in [0.3, 0.4) is 0 Å². The van der Waals surface area contributed by atoms with Gasteiger partial charge in [0.15, 0.2) is 0 Å². The highest BCUT2D eigenvalue weighted by Gasteiger charge is 2.34. The molecule has 0 atom stereocenters. The molecule has 0 radical (unpaired) electrons. The van der Waals surface area contributed by atoms with Crippen LogP contribution in [-0.2, 0) is 6.54 Å². The zero-order valence-corrected chi connectivity index (χ0v) is 10.1. The van der Waals surface area contributed by atoms with Crippen LogP contribution >= 0.6 is 0 Å². The van der Waals surface area contributed by atoms with Gasteiger partial charge in [-0.1, -0.05) is 13.0 Å². The van der Waals surface area contributed by atoms with Crippen LogP contribution in [0.25, 0.3) is 0 Å². The van der Waals surface area contributed by atoms with Gasteiger partial charge in [-0.15, -0.1) is 0 Å². The maximum atomic E-state index is 5.11. The van der Waals surface area contributed by atoms with Crippen LogP contribution in [0.4, 0.5) is 0 Å². The molecule has 1 saturated carbocycles. The van der Waals surface area contributed by atoms with Crippen molar-refractivity contribution in [3.8, 4) is 5.88 Å². The van der Waals surface area contributed by atoms with Crippen LogP contribution in [0.1, 0.15) is 38.3 Å². The van der Waals surface area contributed by atoms with E-state index in [0.29, 0.717) is 11.4 Å². The van der Waals surface area contributed by atoms with Gasteiger partial charge in [0.2, 0.25) is 5.88 Å². The Hall–Kier alpha value is -1.09. The second-order valence-corrected chi connectivity index (χ2v) is 4.51. The number of hydrogen-bond donors (Lipinski definition) is 1. The maximum absolute atomic E-state index is 5.11. The molecular weight excluding hydrogens is 200 g/mol. The van der Waals surface area contributed by atoms with E-state index in [9.17, 15) is 0 Å². The Morgan fingerprint density at radius 1 is 1.44 bits per heavy atom. The SMILES string of the molecule is CCC1(NCc2cccc(OC)n2)CCC1. The van der Waals surface area contributed by atoms with Gasteiger partial charge < -0.3 is 10.1 Å². The number of ether oxygens (including phenoxy) is 1. The van der Waals surface area contributed by atoms with E-state index in [0.717, 1.165) is 12.2 Å². The number of nitrogens with one attached hydrogen (secondary N) is 1. The monoisotopic (exact) mass is 220 g/mol. The van der Waals surface area contributed by atoms with Gasteiger partial charge in [0, 0.05) is 18.2 Å². The summed E-state index contributed by atoms with van der Waals surface area (Å²) in [5, 5.41) is 3.63. The van der Waals surface area contributed by atoms with Gasteiger partial charge in [0.05, 0.1) is 12.8 Å². The minimum atomic E-state index is 0.380. The van der Waals surface area contributed by atoms with Crippen molar-refractivity contribution < 1.29 is 4.74 Å². The van der Waals surface area contributed by atoms with E-state index in [1.165, 1.54) is 25.7 Å². The summed E-state index contributed by atoms with van der Waals surface area (Å²) < 4.78 is 5.11. The third-order valence-corrected chi connectivity index (χ3v) is 3.62. The molecule has 1 N–H and O–H groups in total. The van der Waals surface area contributed by atoms with E-state index in [-0.39, 0.29) is 0 Å². The predicted octanol–water partition coefficient (Wildman–Crippen LogP) is 2.51. The van der Waals surface area contributed by atoms with Crippen molar-refractivity contribution in [3.05, 3.63) is 23.9 Å². The molecule has 1 aliphatic rings. The Morgan fingerprint density at radius 2 is 2.25 bits per heavy atom. The van der Waals surface area contributed by atoms with E-state index in [1.54, 1.807) is 7.11 Å². The molecule has 1 aromatic rings. The highest BCUT2D eigenvalue weighted by Crippen LogP contribution is 2.34. The fraction of sp³-hybridized carbons (Fsp3) is 0.615. The van der Waals surface area contributed by atoms with E-state index in [2.05, 4.69) is 17.2 Å². The quantitative estimate of drug-likeness (QED) is 0.828. The van der Waals surface area contributed by atoms with Crippen LogP contribution in [0.2, 0.25) is 0 Å². The lowest BCUT2D eigenvalue weighted by atomic mass is 9.75. The van der Waals surface area contributed by atoms with Crippen molar-refractivity contribution in [1.29, 1.82) is 0 Å². The summed E-state index contributed by atoms with van der Waals surface area (Å²) in [6.45, 7) is 3.09. The lowest BCUT2D eigenvalue weighted by Crippen LogP contribution is -2.49. The zero-order chi connectivity index (χ0) is 11.4. The molecule has 3 heteroatoms. The number of aromatic nitrogens is 1. The topological polar surface area (TPSA) is 34.1 Å². The first-order valence-electron chi connectivity index (χ1n) is 6.03. The largest absolute Gasteiger partial charge is 0.481 e. The summed E-state index contributed by atoms with van der Waals surface area (Å²) in [6.07, 6.45) is 5.16. The molecule has 0 saturated heterocycles. The molecule has 16 heavy (non-hydrogen) atoms. The lowest BCUT2D eigenvalue weighted by molar-refractivity contribution is 0.174. The first-order chi connectivity index (χ1) is 7.78. The Morgan fingerprint density at radius 3 is 2.81 bits per heavy atom. The molecule has 0 unspecified atom stereocenters. The highest BCUT2D eigenvalue weighted by molar-refractivity contribution is 5.16. The van der Waals surface area contributed by atoms with Gasteiger partial charge in [-0.25, -0.2) is 4.98 Å². The molecule has 0 bridgehead atoms. The lowest BCUT2D eigenvalue weighted by Gasteiger charge is -2.42. The van der Waals surface area contributed by atoms with Gasteiger partial charge in [0.25, 0.3) is 0 Å². The van der Waals surface area contributed by atoms with Crippen LogP contribution in [0, 0.1) is 0 Å². The van der Waals surface area contributed by atoms with Crippen LogP contribution in [-0.4, -0.2) is 17.6 Å². The Bertz CT molecular complexity index is 342. The van der Waals surface area contributed by atoms with Crippen molar-refractivity contribution >= 4 is 0 Å². The molecule has 1 fully saturated rings. The van der Waals surface area contributed by atoms with Crippen LogP contribution in [0.15, 0.2) is 18.2 Å². The first-order valence-corrected chi connectivity index (χ1v) is 6.03. The van der Waals surface area contributed by atoms with Gasteiger partial charge >= 0.3 is 0 Å². The molecule has 0 spiro atoms. The average Bonchev–Trinajstić information content (AvgIpc) is 2.29. The normalized spacial score (nSPS) is 17.9. The summed E-state index contributed by atoms with van der Waals surface area (Å²) in [6, 6.07) is 5.90. The van der Waals surface area contributed by atoms with Crippen molar-refractivity contribution in [1.82, 2.24) is 10.3 Å². The number of methoxy groups -OCH3 is 1. The minimum Gasteiger partial charge on any atom is -0.481 e. The molecule has 1 aromatic heterocycles. The number of hydrogen-bond acceptors (Lipinski definition) is 3. The molecule has 0 aromatic carbocycles. The van der Waals surface area contributed by atoms with Gasteiger partial charge in [-0.2, -0.15) is 0 Å². The standard InChI is InChI=1S/C13H20N2O/c1-3-13(8-5-9-13)14-10-11-6-4-7-12(15-11)16-2/h4,6-7,14H,3,5,8-10H2,1-2H3. The third-order valence-electron chi connectivity index (χ3n) is 3.62. The fourth-order valence-electron chi connectivity index (χ4n) is 2.21. The molecule has 1 aliphatic carbocycles. The fourth-order valence-corrected chi connectivity index (χ4v) is 2.21. The number of nitrogens with zero attached hydrogens (tertiary/aromatic N) is 1. The van der Waals surface area contributed by atoms with Crippen molar-refractivity contribution in [2.24, 2.45) is 0 Å². The third kappa shape index (κ3) is 2.35. The smallest absolute Gasteiger partial charge is 0.213 e. The number of rotatable bonds is 5. The molecule has 0 amide bonds. The van der Waals surface area contributed by atoms with E-state index >= 15 is 0 Å². The molecule has 88 valence electrons. The van der Waals surface area contributed by atoms with Crippen LogP contribution < -0.4 is 10.1 Å². The van der Waals surface area contributed by atoms with E-state index in [1.807, 2.05) is 18.2 Å². The number of pyridine rings is 1. The second-order valence-electron chi connectivity index (χ2n) is 4.51. The molecule has 1 heterocycles. The van der Waals surface area contributed by atoms with Crippen molar-refractivity contribution in [2.45, 2.75) is 44.7 Å². The first kappa shape index (κ1) is 11.4. The summed E-state index contributed by atoms with van der Waals surface area (Å²) >= 11 is 0. The zero-order valence-electron chi connectivity index (χ0n) is 10.1. The van der Waals surface area contributed by atoms with Crippen LogP contribution in [0.5, 0.6) is 5.88 Å². The van der Waals surface area contributed by atoms with Gasteiger partial charge in [-0.05, 0) is 31.7 Å². The van der Waals surface area contributed by atoms with E-state index < -0.39 is 0 Å². The molecule has 3 nitrogen and oxygen atoms in total. The van der Waals surface area contributed by atoms with Gasteiger partial charge in [0.1, 0.15) is 0 Å². The van der Waals surface area contributed by atoms with Crippen molar-refractivity contribution in [2.75, 3.05) is 7.11 Å². The summed E-state index contributed by atoms with van der Waals surface area (Å²) in [4.78, 5) is 4.40. The minimum absolute atomic E-state index is 0.380. The molecular formula is C13H20N2O. The highest BCUT2D eigenvalue weighted by atomic mass is 16.5. The summed E-state index contributed by atoms with van der Waals surface area (Å²) in [7, 11) is 1.65. The van der Waals surface area contributed by atoms with Crippen molar-refractivity contribution in [3.63, 3.8) is 0 Å². The second kappa shape index (κ2) is 4.83. The Kier molecular flexibility index (Phi) is 3.44. The maximum Gasteiger partial charge on any atom is 0.213 e. The van der Waals surface area contributed by atoms with E-state index in [4.69, 9.17) is 4.74 Å². The predicted molar refractivity (Wildman–Crippen MR) is 64.5 cm³/mol. The Labute approximate surface area is 97.2 Å². The summed E-state index contributed by atoms with van der Waals surface area (Å²) in [5.41, 5.74) is 1.43. The molecule has 2 rings (SSSR count).